The molecule has 5 unspecified atom stereocenters. The molecule has 0 aliphatic carbocycles. The fourth-order valence-electron chi connectivity index (χ4n) is 3.36. The van der Waals surface area contributed by atoms with Crippen LogP contribution in [0.25, 0.3) is 0 Å². The van der Waals surface area contributed by atoms with E-state index in [2.05, 4.69) is 0 Å². The number of hydrogen-bond acceptors (Lipinski definition) is 10. The molecule has 0 radical (unpaired) electrons. The number of ether oxygens (including phenoxy) is 2. The summed E-state index contributed by atoms with van der Waals surface area (Å²) in [5, 5.41) is 40.7. The molecule has 10 heteroatoms. The molecule has 1 saturated heterocycles. The molecule has 28 heavy (non-hydrogen) atoms. The Morgan fingerprint density at radius 2 is 1.96 bits per heavy atom. The molecule has 1 aliphatic rings. The largest absolute Gasteiger partial charge is 0.462 e. The van der Waals surface area contributed by atoms with Crippen LogP contribution in [-0.4, -0.2) is 81.6 Å². The van der Waals surface area contributed by atoms with Crippen LogP contribution in [0.2, 0.25) is 0 Å². The van der Waals surface area contributed by atoms with Gasteiger partial charge in [0, 0.05) is 25.7 Å². The maximum absolute atomic E-state index is 11.9. The van der Waals surface area contributed by atoms with E-state index in [0.29, 0.717) is 19.4 Å². The smallest absolute Gasteiger partial charge is 0.322 e. The number of nitrogens with two attached hydrogens (primary N) is 2. The van der Waals surface area contributed by atoms with Gasteiger partial charge in [0.2, 0.25) is 5.79 Å². The summed E-state index contributed by atoms with van der Waals surface area (Å²) in [5.74, 6) is -4.38. The molecule has 0 aromatic carbocycles. The minimum absolute atomic E-state index is 0.169. The molecule has 0 aromatic rings. The van der Waals surface area contributed by atoms with Crippen molar-refractivity contribution in [3.05, 3.63) is 0 Å². The SMILES string of the molecule is CC(=O)C1(O)CC(O)C(C(C)O)C(C[C@H](O)COC(=O)[C@H](N)CCCCN)O1. The van der Waals surface area contributed by atoms with Crippen molar-refractivity contribution in [2.24, 2.45) is 17.4 Å². The predicted molar refractivity (Wildman–Crippen MR) is 98.8 cm³/mol. The van der Waals surface area contributed by atoms with E-state index in [0.717, 1.165) is 13.3 Å². The van der Waals surface area contributed by atoms with Crippen LogP contribution in [0.5, 0.6) is 0 Å². The zero-order valence-electron chi connectivity index (χ0n) is 16.5. The highest BCUT2D eigenvalue weighted by Gasteiger charge is 2.50. The number of rotatable bonds is 11. The highest BCUT2D eigenvalue weighted by molar-refractivity contribution is 5.83. The summed E-state index contributed by atoms with van der Waals surface area (Å²) in [4.78, 5) is 23.5. The molecule has 1 heterocycles. The van der Waals surface area contributed by atoms with Crippen molar-refractivity contribution in [1.29, 1.82) is 0 Å². The van der Waals surface area contributed by atoms with Crippen LogP contribution in [0, 0.1) is 5.92 Å². The normalized spacial score (nSPS) is 31.1. The molecule has 7 atom stereocenters. The Bertz CT molecular complexity index is 518. The van der Waals surface area contributed by atoms with E-state index in [-0.39, 0.29) is 19.4 Å². The van der Waals surface area contributed by atoms with Gasteiger partial charge in [0.15, 0.2) is 5.78 Å². The Morgan fingerprint density at radius 3 is 2.50 bits per heavy atom. The van der Waals surface area contributed by atoms with E-state index in [9.17, 15) is 30.0 Å². The molecule has 0 amide bonds. The topological polar surface area (TPSA) is 186 Å². The Hall–Kier alpha value is -1.14. The van der Waals surface area contributed by atoms with E-state index >= 15 is 0 Å². The van der Waals surface area contributed by atoms with E-state index in [1.54, 1.807) is 0 Å². The van der Waals surface area contributed by atoms with E-state index < -0.39 is 53.9 Å². The zero-order valence-corrected chi connectivity index (χ0v) is 16.5. The predicted octanol–water partition coefficient (Wildman–Crippen LogP) is -1.84. The molecular weight excluding hydrogens is 372 g/mol. The molecule has 1 aliphatic heterocycles. The van der Waals surface area contributed by atoms with Gasteiger partial charge in [-0.05, 0) is 26.3 Å². The van der Waals surface area contributed by atoms with Crippen molar-refractivity contribution < 1.29 is 39.5 Å². The van der Waals surface area contributed by atoms with Crippen molar-refractivity contribution in [1.82, 2.24) is 0 Å². The monoisotopic (exact) mass is 406 g/mol. The van der Waals surface area contributed by atoms with Crippen LogP contribution in [-0.2, 0) is 19.1 Å². The van der Waals surface area contributed by atoms with Crippen molar-refractivity contribution >= 4 is 11.8 Å². The first kappa shape index (κ1) is 24.9. The van der Waals surface area contributed by atoms with Gasteiger partial charge < -0.3 is 41.4 Å². The zero-order chi connectivity index (χ0) is 21.5. The first-order chi connectivity index (χ1) is 13.0. The Balaban J connectivity index is 2.64. The van der Waals surface area contributed by atoms with Crippen molar-refractivity contribution in [3.8, 4) is 0 Å². The van der Waals surface area contributed by atoms with Gasteiger partial charge in [0.05, 0.1) is 24.4 Å². The first-order valence-corrected chi connectivity index (χ1v) is 9.59. The third-order valence-corrected chi connectivity index (χ3v) is 5.01. The third-order valence-electron chi connectivity index (χ3n) is 5.01. The lowest BCUT2D eigenvalue weighted by atomic mass is 9.81. The van der Waals surface area contributed by atoms with E-state index in [1.807, 2.05) is 0 Å². The molecule has 0 saturated carbocycles. The summed E-state index contributed by atoms with van der Waals surface area (Å²) in [5.41, 5.74) is 11.1. The lowest BCUT2D eigenvalue weighted by molar-refractivity contribution is -0.285. The lowest BCUT2D eigenvalue weighted by Gasteiger charge is -2.44. The number of carbonyl (C=O) groups is 2. The van der Waals surface area contributed by atoms with Crippen molar-refractivity contribution in [2.45, 2.75) is 82.2 Å². The third kappa shape index (κ3) is 7.03. The number of aliphatic hydroxyl groups excluding tert-OH is 3. The number of hydrogen-bond donors (Lipinski definition) is 6. The van der Waals surface area contributed by atoms with Crippen LogP contribution in [0.4, 0.5) is 0 Å². The van der Waals surface area contributed by atoms with Crippen molar-refractivity contribution in [2.75, 3.05) is 13.2 Å². The number of ketones is 1. The second-order valence-corrected chi connectivity index (χ2v) is 7.50. The van der Waals surface area contributed by atoms with Gasteiger partial charge in [-0.1, -0.05) is 6.42 Å². The van der Waals surface area contributed by atoms with Crippen LogP contribution in [0.1, 0.15) is 46.0 Å². The van der Waals surface area contributed by atoms with Crippen LogP contribution in [0.15, 0.2) is 0 Å². The van der Waals surface area contributed by atoms with Gasteiger partial charge >= 0.3 is 5.97 Å². The summed E-state index contributed by atoms with van der Waals surface area (Å²) in [7, 11) is 0. The van der Waals surface area contributed by atoms with Gasteiger partial charge in [0.1, 0.15) is 12.6 Å². The average Bonchev–Trinajstić information content (AvgIpc) is 2.58. The summed E-state index contributed by atoms with van der Waals surface area (Å²) >= 11 is 0. The molecule has 8 N–H and O–H groups in total. The van der Waals surface area contributed by atoms with Crippen LogP contribution < -0.4 is 11.5 Å². The molecule has 164 valence electrons. The summed E-state index contributed by atoms with van der Waals surface area (Å²) < 4.78 is 10.4. The molecule has 10 nitrogen and oxygen atoms in total. The summed E-state index contributed by atoms with van der Waals surface area (Å²) in [6.45, 7) is 2.70. The minimum atomic E-state index is -2.20. The molecule has 0 bridgehead atoms. The van der Waals surface area contributed by atoms with Crippen LogP contribution >= 0.6 is 0 Å². The van der Waals surface area contributed by atoms with Gasteiger partial charge in [-0.3, -0.25) is 9.59 Å². The maximum Gasteiger partial charge on any atom is 0.322 e. The second kappa shape index (κ2) is 11.1. The van der Waals surface area contributed by atoms with Crippen LogP contribution in [0.3, 0.4) is 0 Å². The maximum atomic E-state index is 11.9. The minimum Gasteiger partial charge on any atom is -0.462 e. The number of Topliss-reactive ketones (excluding diaryl/α,β-unsaturated/α-hetero) is 1. The fraction of sp³-hybridized carbons (Fsp3) is 0.889. The number of carbonyl (C=O) groups excluding carboxylic acids is 2. The van der Waals surface area contributed by atoms with Gasteiger partial charge in [-0.25, -0.2) is 0 Å². The van der Waals surface area contributed by atoms with Crippen molar-refractivity contribution in [3.63, 3.8) is 0 Å². The van der Waals surface area contributed by atoms with Gasteiger partial charge in [-0.15, -0.1) is 0 Å². The Labute approximate surface area is 164 Å². The quantitative estimate of drug-likeness (QED) is 0.168. The Morgan fingerprint density at radius 1 is 1.32 bits per heavy atom. The summed E-state index contributed by atoms with van der Waals surface area (Å²) in [6.07, 6.45) is -3.15. The fourth-order valence-corrected chi connectivity index (χ4v) is 3.36. The Kier molecular flexibility index (Phi) is 9.91. The van der Waals surface area contributed by atoms with E-state index in [4.69, 9.17) is 20.9 Å². The number of esters is 1. The first-order valence-electron chi connectivity index (χ1n) is 9.59. The van der Waals surface area contributed by atoms with Gasteiger partial charge in [-0.2, -0.15) is 0 Å². The summed E-state index contributed by atoms with van der Waals surface area (Å²) in [6, 6.07) is -0.820. The highest BCUT2D eigenvalue weighted by Crippen LogP contribution is 2.36. The molecule has 0 aromatic heterocycles. The van der Waals surface area contributed by atoms with E-state index in [1.165, 1.54) is 6.92 Å². The average molecular weight is 406 g/mol. The standard InChI is InChI=1S/C18H34N2O8/c1-10(21)16-14(24)8-18(26,11(2)22)28-15(16)7-12(23)9-27-17(25)13(20)5-3-4-6-19/h10,12-16,21,23-24,26H,3-9,19-20H2,1-2H3/t10?,12-,13+,14?,15?,16?,18?/m0/s1. The second-order valence-electron chi connectivity index (χ2n) is 7.50. The van der Waals surface area contributed by atoms with Gasteiger partial charge in [0.25, 0.3) is 0 Å². The molecule has 1 rings (SSSR count). The molecule has 0 spiro atoms. The number of unbranched alkanes of at least 4 members (excludes halogenated alkanes) is 1. The molecule has 1 fully saturated rings. The number of aliphatic hydroxyl groups is 4. The molecular formula is C18H34N2O8. The highest BCUT2D eigenvalue weighted by atomic mass is 16.6. The lowest BCUT2D eigenvalue weighted by Crippen LogP contribution is -2.58.